The van der Waals surface area contributed by atoms with Gasteiger partial charge in [-0.2, -0.15) is 0 Å². The molecule has 3 heterocycles. The standard InChI is InChI=1S/C24H25ClFN7/c25-20-12-30-24(31-18-7-5-17(27)6-8-18)32-23(20)21-13-29-22-10-9-19(14-33(21)22)28-11-15-1-3-16(26)4-2-15/h1-4,9-10,12-14,17-18,28H,5-8,11,27H2,(H,30,31,32). The summed E-state index contributed by atoms with van der Waals surface area (Å²) in [5.74, 6) is 0.307. The zero-order valence-electron chi connectivity index (χ0n) is 18.0. The first kappa shape index (κ1) is 21.6. The Morgan fingerprint density at radius 3 is 2.61 bits per heavy atom. The first-order chi connectivity index (χ1) is 16.0. The van der Waals surface area contributed by atoms with Crippen LogP contribution in [-0.4, -0.2) is 31.4 Å². The molecule has 1 aromatic carbocycles. The summed E-state index contributed by atoms with van der Waals surface area (Å²) in [6, 6.07) is 10.9. The molecule has 170 valence electrons. The Bertz CT molecular complexity index is 1250. The van der Waals surface area contributed by atoms with E-state index < -0.39 is 0 Å². The number of halogens is 2. The molecular weight excluding hydrogens is 441 g/mol. The van der Waals surface area contributed by atoms with Crippen LogP contribution in [-0.2, 0) is 6.54 Å². The van der Waals surface area contributed by atoms with E-state index in [1.54, 1.807) is 24.5 Å². The predicted octanol–water partition coefficient (Wildman–Crippen LogP) is 4.88. The number of nitrogens with zero attached hydrogens (tertiary/aromatic N) is 4. The van der Waals surface area contributed by atoms with E-state index in [0.717, 1.165) is 48.3 Å². The fourth-order valence-electron chi connectivity index (χ4n) is 4.13. The lowest BCUT2D eigenvalue weighted by Crippen LogP contribution is -2.33. The van der Waals surface area contributed by atoms with Gasteiger partial charge in [-0.25, -0.2) is 19.3 Å². The number of imidazole rings is 1. The number of hydrogen-bond donors (Lipinski definition) is 3. The highest BCUT2D eigenvalue weighted by molar-refractivity contribution is 6.32. The van der Waals surface area contributed by atoms with E-state index in [0.29, 0.717) is 29.3 Å². The maximum Gasteiger partial charge on any atom is 0.223 e. The third-order valence-corrected chi connectivity index (χ3v) is 6.28. The number of hydrogen-bond acceptors (Lipinski definition) is 6. The zero-order valence-corrected chi connectivity index (χ0v) is 18.8. The quantitative estimate of drug-likeness (QED) is 0.376. The average molecular weight is 466 g/mol. The van der Waals surface area contributed by atoms with Crippen molar-refractivity contribution in [3.8, 4) is 11.4 Å². The monoisotopic (exact) mass is 465 g/mol. The van der Waals surface area contributed by atoms with E-state index in [4.69, 9.17) is 22.3 Å². The van der Waals surface area contributed by atoms with Gasteiger partial charge in [0.2, 0.25) is 5.95 Å². The summed E-state index contributed by atoms with van der Waals surface area (Å²) in [4.78, 5) is 13.6. The first-order valence-electron chi connectivity index (χ1n) is 11.1. The van der Waals surface area contributed by atoms with Crippen LogP contribution in [0.25, 0.3) is 17.0 Å². The van der Waals surface area contributed by atoms with Gasteiger partial charge in [0.15, 0.2) is 0 Å². The minimum Gasteiger partial charge on any atom is -0.380 e. The zero-order chi connectivity index (χ0) is 22.8. The lowest BCUT2D eigenvalue weighted by atomic mass is 9.92. The minimum atomic E-state index is -0.245. The van der Waals surface area contributed by atoms with Crippen molar-refractivity contribution in [1.29, 1.82) is 0 Å². The third kappa shape index (κ3) is 4.91. The third-order valence-electron chi connectivity index (χ3n) is 6.01. The molecule has 1 aliphatic carbocycles. The van der Waals surface area contributed by atoms with Gasteiger partial charge >= 0.3 is 0 Å². The summed E-state index contributed by atoms with van der Waals surface area (Å²) in [5, 5.41) is 7.25. The van der Waals surface area contributed by atoms with E-state index in [1.807, 2.05) is 22.7 Å². The van der Waals surface area contributed by atoms with E-state index in [2.05, 4.69) is 20.6 Å². The van der Waals surface area contributed by atoms with Gasteiger partial charge in [-0.1, -0.05) is 23.7 Å². The molecule has 3 aromatic heterocycles. The van der Waals surface area contributed by atoms with Crippen LogP contribution < -0.4 is 16.4 Å². The number of fused-ring (bicyclic) bond motifs is 1. The Morgan fingerprint density at radius 1 is 1.03 bits per heavy atom. The molecule has 9 heteroatoms. The summed E-state index contributed by atoms with van der Waals surface area (Å²) in [6.45, 7) is 0.573. The van der Waals surface area contributed by atoms with Gasteiger partial charge in [-0.3, -0.25) is 4.40 Å². The van der Waals surface area contributed by atoms with Gasteiger partial charge in [-0.15, -0.1) is 0 Å². The summed E-state index contributed by atoms with van der Waals surface area (Å²) in [5.41, 5.74) is 10.1. The molecule has 5 rings (SSSR count). The lowest BCUT2D eigenvalue weighted by molar-refractivity contribution is 0.410. The van der Waals surface area contributed by atoms with Crippen LogP contribution in [0.15, 0.2) is 55.0 Å². The fourth-order valence-corrected chi connectivity index (χ4v) is 4.32. The molecule has 7 nitrogen and oxygen atoms in total. The number of nitrogens with two attached hydrogens (primary N) is 1. The van der Waals surface area contributed by atoms with Crippen molar-refractivity contribution < 1.29 is 4.39 Å². The van der Waals surface area contributed by atoms with Crippen LogP contribution in [0.5, 0.6) is 0 Å². The molecule has 1 saturated carbocycles. The van der Waals surface area contributed by atoms with Crippen molar-refractivity contribution >= 4 is 28.9 Å². The molecule has 0 aliphatic heterocycles. The fraction of sp³-hybridized carbons (Fsp3) is 0.292. The van der Waals surface area contributed by atoms with Crippen molar-refractivity contribution in [3.63, 3.8) is 0 Å². The van der Waals surface area contributed by atoms with E-state index >= 15 is 0 Å². The van der Waals surface area contributed by atoms with E-state index in [1.165, 1.54) is 12.1 Å². The molecule has 4 N–H and O–H groups in total. The number of anilines is 2. The molecule has 1 aliphatic rings. The van der Waals surface area contributed by atoms with E-state index in [9.17, 15) is 4.39 Å². The van der Waals surface area contributed by atoms with Gasteiger partial charge in [0.05, 0.1) is 28.8 Å². The van der Waals surface area contributed by atoms with Crippen LogP contribution in [0.2, 0.25) is 5.02 Å². The van der Waals surface area contributed by atoms with Gasteiger partial charge in [0, 0.05) is 24.8 Å². The average Bonchev–Trinajstić information content (AvgIpc) is 3.24. The highest BCUT2D eigenvalue weighted by Crippen LogP contribution is 2.29. The second-order valence-corrected chi connectivity index (χ2v) is 8.82. The summed E-state index contributed by atoms with van der Waals surface area (Å²) in [6.07, 6.45) is 9.34. The van der Waals surface area contributed by atoms with E-state index in [-0.39, 0.29) is 11.9 Å². The molecule has 0 unspecified atom stereocenters. The van der Waals surface area contributed by atoms with Crippen LogP contribution in [0.1, 0.15) is 31.2 Å². The van der Waals surface area contributed by atoms with Crippen LogP contribution in [0.3, 0.4) is 0 Å². The summed E-state index contributed by atoms with van der Waals surface area (Å²) < 4.78 is 15.1. The normalized spacial score (nSPS) is 18.4. The SMILES string of the molecule is NC1CCC(Nc2ncc(Cl)c(-c3cnc4ccc(NCc5ccc(F)cc5)cn34)n2)CC1. The number of aromatic nitrogens is 4. The second kappa shape index (κ2) is 9.33. The maximum absolute atomic E-state index is 13.1. The van der Waals surface area contributed by atoms with Crippen LogP contribution >= 0.6 is 11.6 Å². The molecule has 4 aromatic rings. The molecule has 1 fully saturated rings. The van der Waals surface area contributed by atoms with Gasteiger partial charge < -0.3 is 16.4 Å². The van der Waals surface area contributed by atoms with Crippen molar-refractivity contribution in [2.24, 2.45) is 5.73 Å². The predicted molar refractivity (Wildman–Crippen MR) is 129 cm³/mol. The van der Waals surface area contributed by atoms with Crippen molar-refractivity contribution in [3.05, 3.63) is 71.4 Å². The second-order valence-electron chi connectivity index (χ2n) is 8.42. The minimum absolute atomic E-state index is 0.245. The first-order valence-corrected chi connectivity index (χ1v) is 11.4. The largest absolute Gasteiger partial charge is 0.380 e. The Labute approximate surface area is 196 Å². The molecule has 0 spiro atoms. The molecular formula is C24H25ClFN7. The topological polar surface area (TPSA) is 93.2 Å². The number of rotatable bonds is 6. The van der Waals surface area contributed by atoms with Crippen molar-refractivity contribution in [2.75, 3.05) is 10.6 Å². The summed E-state index contributed by atoms with van der Waals surface area (Å²) >= 11 is 6.49. The highest BCUT2D eigenvalue weighted by Gasteiger charge is 2.20. The smallest absolute Gasteiger partial charge is 0.223 e. The molecule has 0 bridgehead atoms. The molecule has 0 radical (unpaired) electrons. The Balaban J connectivity index is 1.38. The Kier molecular flexibility index (Phi) is 6.11. The van der Waals surface area contributed by atoms with Crippen LogP contribution in [0, 0.1) is 5.82 Å². The molecule has 0 atom stereocenters. The maximum atomic E-state index is 13.1. The highest BCUT2D eigenvalue weighted by atomic mass is 35.5. The van der Waals surface area contributed by atoms with Crippen molar-refractivity contribution in [1.82, 2.24) is 19.4 Å². The molecule has 0 amide bonds. The lowest BCUT2D eigenvalue weighted by Gasteiger charge is -2.26. The molecule has 0 saturated heterocycles. The van der Waals surface area contributed by atoms with Gasteiger partial charge in [-0.05, 0) is 55.5 Å². The van der Waals surface area contributed by atoms with Gasteiger partial charge in [0.1, 0.15) is 17.2 Å². The summed E-state index contributed by atoms with van der Waals surface area (Å²) in [7, 11) is 0. The van der Waals surface area contributed by atoms with Crippen LogP contribution in [0.4, 0.5) is 16.0 Å². The van der Waals surface area contributed by atoms with Gasteiger partial charge in [0.25, 0.3) is 0 Å². The molecule has 33 heavy (non-hydrogen) atoms. The Hall–Kier alpha value is -3.23. The van der Waals surface area contributed by atoms with Crippen molar-refractivity contribution in [2.45, 2.75) is 44.3 Å². The number of benzene rings is 1. The number of pyridine rings is 1. The number of nitrogens with one attached hydrogen (secondary N) is 2. The Morgan fingerprint density at radius 2 is 1.82 bits per heavy atom.